The van der Waals surface area contributed by atoms with Crippen LogP contribution in [-0.4, -0.2) is 29.8 Å². The summed E-state index contributed by atoms with van der Waals surface area (Å²) in [4.78, 5) is 11.7. The summed E-state index contributed by atoms with van der Waals surface area (Å²) in [6.07, 6.45) is 3.49. The lowest BCUT2D eigenvalue weighted by Crippen LogP contribution is -2.24. The number of H-pyrrole nitrogens is 1. The molecule has 22 heavy (non-hydrogen) atoms. The van der Waals surface area contributed by atoms with Crippen molar-refractivity contribution < 1.29 is 0 Å². The van der Waals surface area contributed by atoms with E-state index in [9.17, 15) is 4.79 Å². The fourth-order valence-corrected chi connectivity index (χ4v) is 2.55. The molecule has 0 spiro atoms. The number of hydrogen-bond acceptors (Lipinski definition) is 4. The highest BCUT2D eigenvalue weighted by molar-refractivity contribution is 5.90. The van der Waals surface area contributed by atoms with Crippen molar-refractivity contribution in [1.82, 2.24) is 15.5 Å². The molecule has 2 aromatic rings. The highest BCUT2D eigenvalue weighted by atomic mass is 16.1. The molecule has 0 fully saturated rings. The van der Waals surface area contributed by atoms with Crippen LogP contribution in [0.15, 0.2) is 29.1 Å². The number of hydrogen-bond donors (Lipinski definition) is 3. The van der Waals surface area contributed by atoms with E-state index in [0.29, 0.717) is 5.39 Å². The van der Waals surface area contributed by atoms with Crippen molar-refractivity contribution in [2.24, 2.45) is 5.92 Å². The van der Waals surface area contributed by atoms with Gasteiger partial charge in [0.1, 0.15) is 0 Å². The van der Waals surface area contributed by atoms with Crippen LogP contribution in [-0.2, 0) is 0 Å². The molecule has 0 atom stereocenters. The molecule has 0 saturated carbocycles. The van der Waals surface area contributed by atoms with Crippen molar-refractivity contribution in [3.05, 3.63) is 34.6 Å². The Morgan fingerprint density at radius 1 is 1.14 bits per heavy atom. The summed E-state index contributed by atoms with van der Waals surface area (Å²) in [6.45, 7) is 7.39. The van der Waals surface area contributed by atoms with E-state index < -0.39 is 0 Å². The number of aromatic amines is 1. The summed E-state index contributed by atoms with van der Waals surface area (Å²) in [5.74, 6) is 1.52. The Morgan fingerprint density at radius 3 is 2.59 bits per heavy atom. The van der Waals surface area contributed by atoms with E-state index >= 15 is 0 Å². The van der Waals surface area contributed by atoms with E-state index in [1.54, 1.807) is 0 Å². The Balaban J connectivity index is 1.81. The van der Waals surface area contributed by atoms with Crippen molar-refractivity contribution in [3.8, 4) is 0 Å². The zero-order valence-electron chi connectivity index (χ0n) is 13.5. The van der Waals surface area contributed by atoms with Gasteiger partial charge in [-0.05, 0) is 31.5 Å². The van der Waals surface area contributed by atoms with Gasteiger partial charge in [0.25, 0.3) is 5.56 Å². The minimum atomic E-state index is -0.145. The van der Waals surface area contributed by atoms with Gasteiger partial charge in [-0.3, -0.25) is 4.79 Å². The lowest BCUT2D eigenvalue weighted by atomic mass is 10.0. The summed E-state index contributed by atoms with van der Waals surface area (Å²) < 4.78 is 0. The molecule has 0 saturated heterocycles. The Kier molecular flexibility index (Phi) is 6.40. The predicted octanol–water partition coefficient (Wildman–Crippen LogP) is 2.75. The summed E-state index contributed by atoms with van der Waals surface area (Å²) in [6, 6.07) is 7.53. The molecular weight excluding hydrogens is 276 g/mol. The Hall–Kier alpha value is -1.88. The quantitative estimate of drug-likeness (QED) is 0.623. The van der Waals surface area contributed by atoms with Crippen molar-refractivity contribution in [1.29, 1.82) is 0 Å². The van der Waals surface area contributed by atoms with Crippen LogP contribution in [0.4, 0.5) is 5.82 Å². The zero-order chi connectivity index (χ0) is 15.8. The average Bonchev–Trinajstić information content (AvgIpc) is 2.56. The highest BCUT2D eigenvalue weighted by Gasteiger charge is 2.05. The van der Waals surface area contributed by atoms with Crippen molar-refractivity contribution in [2.75, 3.05) is 25.0 Å². The topological polar surface area (TPSA) is 69.8 Å². The van der Waals surface area contributed by atoms with Crippen LogP contribution in [0.3, 0.4) is 0 Å². The number of fused-ring (bicyclic) bond motifs is 1. The van der Waals surface area contributed by atoms with E-state index in [2.05, 4.69) is 34.7 Å². The first kappa shape index (κ1) is 16.5. The molecule has 5 nitrogen and oxygen atoms in total. The van der Waals surface area contributed by atoms with Crippen LogP contribution in [0.5, 0.6) is 0 Å². The van der Waals surface area contributed by atoms with Gasteiger partial charge in [0.15, 0.2) is 5.82 Å². The molecule has 0 aliphatic carbocycles. The second kappa shape index (κ2) is 8.54. The molecule has 1 aromatic heterocycles. The van der Waals surface area contributed by atoms with Gasteiger partial charge >= 0.3 is 0 Å². The number of anilines is 1. The fourth-order valence-electron chi connectivity index (χ4n) is 2.55. The first-order valence-electron chi connectivity index (χ1n) is 8.18. The lowest BCUT2D eigenvalue weighted by Gasteiger charge is -2.13. The third-order valence-corrected chi connectivity index (χ3v) is 4.11. The minimum Gasteiger partial charge on any atom is -0.368 e. The predicted molar refractivity (Wildman–Crippen MR) is 92.4 cm³/mol. The molecule has 3 N–H and O–H groups in total. The van der Waals surface area contributed by atoms with Gasteiger partial charge in [-0.2, -0.15) is 5.10 Å². The molecular formula is C17H26N4O. The van der Waals surface area contributed by atoms with Gasteiger partial charge in [-0.25, -0.2) is 5.10 Å². The zero-order valence-corrected chi connectivity index (χ0v) is 13.5. The smallest absolute Gasteiger partial charge is 0.272 e. The summed E-state index contributed by atoms with van der Waals surface area (Å²) >= 11 is 0. The maximum absolute atomic E-state index is 11.7. The molecule has 0 unspecified atom stereocenters. The third-order valence-electron chi connectivity index (χ3n) is 4.11. The van der Waals surface area contributed by atoms with Crippen LogP contribution < -0.4 is 16.2 Å². The fraction of sp³-hybridized carbons (Fsp3) is 0.529. The maximum Gasteiger partial charge on any atom is 0.272 e. The van der Waals surface area contributed by atoms with Gasteiger partial charge in [0, 0.05) is 11.9 Å². The largest absolute Gasteiger partial charge is 0.368 e. The van der Waals surface area contributed by atoms with Gasteiger partial charge < -0.3 is 10.6 Å². The second-order valence-electron chi connectivity index (χ2n) is 5.61. The van der Waals surface area contributed by atoms with Crippen LogP contribution in [0.2, 0.25) is 0 Å². The third kappa shape index (κ3) is 4.31. The van der Waals surface area contributed by atoms with Gasteiger partial charge in [-0.15, -0.1) is 0 Å². The molecule has 0 amide bonds. The molecule has 2 rings (SSSR count). The molecule has 120 valence electrons. The Labute approximate surface area is 131 Å². The number of aromatic nitrogens is 2. The highest BCUT2D eigenvalue weighted by Crippen LogP contribution is 2.16. The molecule has 0 bridgehead atoms. The van der Waals surface area contributed by atoms with Crippen molar-refractivity contribution in [3.63, 3.8) is 0 Å². The van der Waals surface area contributed by atoms with E-state index in [-0.39, 0.29) is 5.56 Å². The summed E-state index contributed by atoms with van der Waals surface area (Å²) in [5, 5.41) is 15.0. The second-order valence-corrected chi connectivity index (χ2v) is 5.61. The molecule has 0 radical (unpaired) electrons. The number of rotatable bonds is 9. The SMILES string of the molecule is CCC(CC)CNCCCNc1n[nH]c(=O)c2ccccc12. The maximum atomic E-state index is 11.7. The normalized spacial score (nSPS) is 11.2. The van der Waals surface area contributed by atoms with E-state index in [0.717, 1.165) is 43.2 Å². The number of nitrogens with one attached hydrogen (secondary N) is 3. The lowest BCUT2D eigenvalue weighted by molar-refractivity contribution is 0.449. The molecule has 1 aromatic carbocycles. The average molecular weight is 302 g/mol. The monoisotopic (exact) mass is 302 g/mol. The summed E-state index contributed by atoms with van der Waals surface area (Å²) in [5.41, 5.74) is -0.145. The van der Waals surface area contributed by atoms with Crippen molar-refractivity contribution >= 4 is 16.6 Å². The molecule has 0 aliphatic heterocycles. The molecule has 0 aliphatic rings. The Bertz CT molecular complexity index is 634. The van der Waals surface area contributed by atoms with Crippen LogP contribution in [0.1, 0.15) is 33.1 Å². The van der Waals surface area contributed by atoms with Gasteiger partial charge in [-0.1, -0.05) is 44.9 Å². The first-order chi connectivity index (χ1) is 10.8. The van der Waals surface area contributed by atoms with Gasteiger partial charge in [0.05, 0.1) is 5.39 Å². The van der Waals surface area contributed by atoms with Crippen LogP contribution in [0, 0.1) is 5.92 Å². The van der Waals surface area contributed by atoms with E-state index in [1.165, 1.54) is 12.8 Å². The van der Waals surface area contributed by atoms with Gasteiger partial charge in [0.2, 0.25) is 0 Å². The Morgan fingerprint density at radius 2 is 1.86 bits per heavy atom. The van der Waals surface area contributed by atoms with Crippen LogP contribution in [0.25, 0.3) is 10.8 Å². The van der Waals surface area contributed by atoms with Crippen molar-refractivity contribution in [2.45, 2.75) is 33.1 Å². The van der Waals surface area contributed by atoms with E-state index in [4.69, 9.17) is 0 Å². The molecule has 1 heterocycles. The van der Waals surface area contributed by atoms with E-state index in [1.807, 2.05) is 24.3 Å². The van der Waals surface area contributed by atoms with Crippen LogP contribution >= 0.6 is 0 Å². The minimum absolute atomic E-state index is 0.145. The standard InChI is InChI=1S/C17H26N4O/c1-3-13(4-2)12-18-10-7-11-19-16-14-8-5-6-9-15(14)17(22)21-20-16/h5-6,8-9,13,18H,3-4,7,10-12H2,1-2H3,(H,19,20)(H,21,22). The summed E-state index contributed by atoms with van der Waals surface area (Å²) in [7, 11) is 0. The molecule has 5 heteroatoms. The number of nitrogens with zero attached hydrogens (tertiary/aromatic N) is 1. The number of benzene rings is 1. The first-order valence-corrected chi connectivity index (χ1v) is 8.18.